The molecule has 49 heavy (non-hydrogen) atoms. The molecule has 0 saturated carbocycles. The molecular formula is C43H80O6. The van der Waals surface area contributed by atoms with E-state index in [1.54, 1.807) is 0 Å². The van der Waals surface area contributed by atoms with Crippen molar-refractivity contribution in [3.8, 4) is 0 Å². The lowest BCUT2D eigenvalue weighted by atomic mass is 10.1. The first-order chi connectivity index (χ1) is 24.0. The predicted octanol–water partition coefficient (Wildman–Crippen LogP) is 13.1. The maximum absolute atomic E-state index is 12.6. The van der Waals surface area contributed by atoms with Gasteiger partial charge in [0.15, 0.2) is 6.10 Å². The van der Waals surface area contributed by atoms with E-state index in [4.69, 9.17) is 14.2 Å². The van der Waals surface area contributed by atoms with Gasteiger partial charge in [0.2, 0.25) is 0 Å². The van der Waals surface area contributed by atoms with Crippen molar-refractivity contribution in [2.75, 3.05) is 13.2 Å². The molecule has 0 aliphatic carbocycles. The van der Waals surface area contributed by atoms with Crippen LogP contribution in [0.4, 0.5) is 0 Å². The molecule has 1 atom stereocenters. The smallest absolute Gasteiger partial charge is 0.306 e. The van der Waals surface area contributed by atoms with E-state index in [0.29, 0.717) is 19.3 Å². The molecule has 0 amide bonds. The third-order valence-electron chi connectivity index (χ3n) is 9.27. The molecule has 0 spiro atoms. The second-order valence-corrected chi connectivity index (χ2v) is 14.3. The summed E-state index contributed by atoms with van der Waals surface area (Å²) in [5, 5.41) is 0. The lowest BCUT2D eigenvalue weighted by Crippen LogP contribution is -2.30. The third kappa shape index (κ3) is 37.2. The number of carbonyl (C=O) groups excluding carboxylic acids is 3. The van der Waals surface area contributed by atoms with Gasteiger partial charge in [0.1, 0.15) is 13.2 Å². The molecule has 6 nitrogen and oxygen atoms in total. The first-order valence-corrected chi connectivity index (χ1v) is 21.2. The summed E-state index contributed by atoms with van der Waals surface area (Å²) in [6, 6.07) is 0. The van der Waals surface area contributed by atoms with E-state index in [9.17, 15) is 14.4 Å². The third-order valence-corrected chi connectivity index (χ3v) is 9.27. The summed E-state index contributed by atoms with van der Waals surface area (Å²) in [6.07, 6.45) is 39.1. The predicted molar refractivity (Wildman–Crippen MR) is 206 cm³/mol. The number of hydrogen-bond acceptors (Lipinski definition) is 6. The van der Waals surface area contributed by atoms with Crippen LogP contribution in [0.15, 0.2) is 12.2 Å². The quantitative estimate of drug-likeness (QED) is 0.0277. The Hall–Kier alpha value is -1.85. The van der Waals surface area contributed by atoms with Crippen LogP contribution in [0.25, 0.3) is 0 Å². The van der Waals surface area contributed by atoms with Crippen molar-refractivity contribution in [2.24, 2.45) is 0 Å². The van der Waals surface area contributed by atoms with E-state index in [-0.39, 0.29) is 31.1 Å². The van der Waals surface area contributed by atoms with Gasteiger partial charge in [0.25, 0.3) is 0 Å². The molecule has 0 bridgehead atoms. The Bertz CT molecular complexity index is 763. The Labute approximate surface area is 303 Å². The molecule has 0 N–H and O–H groups in total. The van der Waals surface area contributed by atoms with Crippen LogP contribution in [0.5, 0.6) is 0 Å². The van der Waals surface area contributed by atoms with Crippen molar-refractivity contribution < 1.29 is 28.6 Å². The van der Waals surface area contributed by atoms with Crippen molar-refractivity contribution in [1.29, 1.82) is 0 Å². The highest BCUT2D eigenvalue weighted by molar-refractivity contribution is 5.71. The fourth-order valence-electron chi connectivity index (χ4n) is 6.02. The molecule has 0 aromatic heterocycles. The van der Waals surface area contributed by atoms with Crippen LogP contribution in [-0.4, -0.2) is 37.2 Å². The normalized spacial score (nSPS) is 12.0. The van der Waals surface area contributed by atoms with Gasteiger partial charge < -0.3 is 14.2 Å². The van der Waals surface area contributed by atoms with E-state index < -0.39 is 6.10 Å². The minimum absolute atomic E-state index is 0.0698. The summed E-state index contributed by atoms with van der Waals surface area (Å²) in [6.45, 7) is 6.56. The Balaban J connectivity index is 4.30. The van der Waals surface area contributed by atoms with Gasteiger partial charge in [-0.25, -0.2) is 0 Å². The van der Waals surface area contributed by atoms with Crippen LogP contribution in [0.1, 0.15) is 226 Å². The fraction of sp³-hybridized carbons (Fsp3) is 0.884. The molecule has 0 aliphatic heterocycles. The highest BCUT2D eigenvalue weighted by Crippen LogP contribution is 2.14. The van der Waals surface area contributed by atoms with Crippen molar-refractivity contribution in [1.82, 2.24) is 0 Å². The van der Waals surface area contributed by atoms with Crippen LogP contribution in [0, 0.1) is 0 Å². The van der Waals surface area contributed by atoms with Gasteiger partial charge in [-0.3, -0.25) is 14.4 Å². The fourth-order valence-corrected chi connectivity index (χ4v) is 6.02. The summed E-state index contributed by atoms with van der Waals surface area (Å²) < 4.78 is 16.6. The molecule has 0 aromatic rings. The summed E-state index contributed by atoms with van der Waals surface area (Å²) in [5.74, 6) is -0.883. The first kappa shape index (κ1) is 47.1. The zero-order valence-electron chi connectivity index (χ0n) is 32.7. The van der Waals surface area contributed by atoms with Crippen LogP contribution < -0.4 is 0 Å². The first-order valence-electron chi connectivity index (χ1n) is 21.2. The second-order valence-electron chi connectivity index (χ2n) is 14.3. The Morgan fingerprint density at radius 1 is 0.388 bits per heavy atom. The van der Waals surface area contributed by atoms with Gasteiger partial charge in [-0.15, -0.1) is 0 Å². The SMILES string of the molecule is CCCCCCC/C=C\CCCCCCCC(=O)OCC(COC(=O)CCCCCCCCC)OC(=O)CCCCCCCCCCCC. The zero-order valence-corrected chi connectivity index (χ0v) is 32.7. The Kier molecular flexibility index (Phi) is 37.5. The van der Waals surface area contributed by atoms with Crippen molar-refractivity contribution in [3.63, 3.8) is 0 Å². The maximum atomic E-state index is 12.6. The van der Waals surface area contributed by atoms with E-state index >= 15 is 0 Å². The van der Waals surface area contributed by atoms with E-state index in [2.05, 4.69) is 32.9 Å². The van der Waals surface area contributed by atoms with Gasteiger partial charge in [-0.1, -0.05) is 174 Å². The molecule has 0 rings (SSSR count). The van der Waals surface area contributed by atoms with E-state index in [0.717, 1.165) is 64.2 Å². The lowest BCUT2D eigenvalue weighted by Gasteiger charge is -2.18. The van der Waals surface area contributed by atoms with Crippen LogP contribution >= 0.6 is 0 Å². The average molecular weight is 693 g/mol. The summed E-state index contributed by atoms with van der Waals surface area (Å²) in [5.41, 5.74) is 0. The van der Waals surface area contributed by atoms with Gasteiger partial charge in [-0.05, 0) is 44.9 Å². The van der Waals surface area contributed by atoms with E-state index in [1.165, 1.54) is 122 Å². The number of allylic oxidation sites excluding steroid dienone is 2. The number of hydrogen-bond donors (Lipinski definition) is 0. The number of carbonyl (C=O) groups is 3. The number of rotatable bonds is 38. The van der Waals surface area contributed by atoms with Crippen molar-refractivity contribution >= 4 is 17.9 Å². The van der Waals surface area contributed by atoms with Gasteiger partial charge in [-0.2, -0.15) is 0 Å². The van der Waals surface area contributed by atoms with Crippen LogP contribution in [0.3, 0.4) is 0 Å². The molecular weight excluding hydrogens is 612 g/mol. The van der Waals surface area contributed by atoms with Crippen LogP contribution in [-0.2, 0) is 28.6 Å². The Morgan fingerprint density at radius 2 is 0.673 bits per heavy atom. The molecule has 0 fully saturated rings. The molecule has 0 radical (unpaired) electrons. The molecule has 0 saturated heterocycles. The molecule has 6 heteroatoms. The monoisotopic (exact) mass is 693 g/mol. The minimum Gasteiger partial charge on any atom is -0.462 e. The molecule has 0 aliphatic rings. The highest BCUT2D eigenvalue weighted by atomic mass is 16.6. The van der Waals surface area contributed by atoms with Gasteiger partial charge in [0, 0.05) is 19.3 Å². The van der Waals surface area contributed by atoms with Crippen LogP contribution in [0.2, 0.25) is 0 Å². The average Bonchev–Trinajstić information content (AvgIpc) is 3.10. The summed E-state index contributed by atoms with van der Waals surface area (Å²) in [4.78, 5) is 37.4. The second kappa shape index (κ2) is 38.9. The number of unbranched alkanes of at least 4 members (excludes halogenated alkanes) is 25. The van der Waals surface area contributed by atoms with Crippen molar-refractivity contribution in [3.05, 3.63) is 12.2 Å². The minimum atomic E-state index is -0.762. The molecule has 0 aromatic carbocycles. The Morgan fingerprint density at radius 3 is 1.02 bits per heavy atom. The summed E-state index contributed by atoms with van der Waals surface area (Å²) in [7, 11) is 0. The maximum Gasteiger partial charge on any atom is 0.306 e. The molecule has 288 valence electrons. The lowest BCUT2D eigenvalue weighted by molar-refractivity contribution is -0.167. The molecule has 0 heterocycles. The highest BCUT2D eigenvalue weighted by Gasteiger charge is 2.19. The standard InChI is InChI=1S/C43H80O6/c1-4-7-10-13-16-18-20-21-22-23-25-27-30-33-36-42(45)48-39-40(38-47-41(44)35-32-29-26-15-12-9-6-3)49-43(46)37-34-31-28-24-19-17-14-11-8-5-2/h20-21,40H,4-19,22-39H2,1-3H3/b21-20-. The summed E-state index contributed by atoms with van der Waals surface area (Å²) >= 11 is 0. The zero-order chi connectivity index (χ0) is 35.9. The van der Waals surface area contributed by atoms with Crippen molar-refractivity contribution in [2.45, 2.75) is 232 Å². The topological polar surface area (TPSA) is 78.9 Å². The van der Waals surface area contributed by atoms with Gasteiger partial charge in [0.05, 0.1) is 0 Å². The largest absolute Gasteiger partial charge is 0.462 e. The molecule has 1 unspecified atom stereocenters. The number of esters is 3. The van der Waals surface area contributed by atoms with E-state index in [1.807, 2.05) is 0 Å². The van der Waals surface area contributed by atoms with Gasteiger partial charge >= 0.3 is 17.9 Å². The number of ether oxygens (including phenoxy) is 3.